The monoisotopic (exact) mass is 348 g/mol. The fourth-order valence-electron chi connectivity index (χ4n) is 2.27. The molecule has 0 aromatic heterocycles. The van der Waals surface area contributed by atoms with Crippen molar-refractivity contribution >= 4 is 34.7 Å². The molecule has 2 aromatic carbocycles. The standard InChI is InChI=1S/C19H18Cl2O2/c1-2-23-19(22)12-16(14-6-4-3-5-7-14)9-8-15-10-11-17(20)13-18(15)21/h3-7,10-13H,2,8-9H2,1H3/b16-12-. The highest BCUT2D eigenvalue weighted by Crippen LogP contribution is 2.26. The van der Waals surface area contributed by atoms with Crippen molar-refractivity contribution in [1.29, 1.82) is 0 Å². The molecule has 0 spiro atoms. The van der Waals surface area contributed by atoms with E-state index in [1.54, 1.807) is 19.1 Å². The van der Waals surface area contributed by atoms with Gasteiger partial charge in [-0.3, -0.25) is 0 Å². The molecule has 0 aliphatic rings. The molecule has 0 saturated carbocycles. The summed E-state index contributed by atoms with van der Waals surface area (Å²) in [5.74, 6) is -0.325. The van der Waals surface area contributed by atoms with Crippen LogP contribution in [0.3, 0.4) is 0 Å². The molecule has 0 atom stereocenters. The van der Waals surface area contributed by atoms with Gasteiger partial charge in [0.1, 0.15) is 0 Å². The largest absolute Gasteiger partial charge is 0.463 e. The van der Waals surface area contributed by atoms with Crippen molar-refractivity contribution in [2.45, 2.75) is 19.8 Å². The summed E-state index contributed by atoms with van der Waals surface area (Å²) >= 11 is 12.1. The molecule has 0 amide bonds. The molecule has 0 aliphatic heterocycles. The fourth-order valence-corrected chi connectivity index (χ4v) is 2.78. The van der Waals surface area contributed by atoms with E-state index in [0.717, 1.165) is 23.1 Å². The van der Waals surface area contributed by atoms with E-state index < -0.39 is 0 Å². The number of hydrogen-bond donors (Lipinski definition) is 0. The van der Waals surface area contributed by atoms with Crippen molar-refractivity contribution in [2.75, 3.05) is 6.61 Å². The Hall–Kier alpha value is -1.77. The van der Waals surface area contributed by atoms with Gasteiger partial charge < -0.3 is 4.74 Å². The number of allylic oxidation sites excluding steroid dienone is 1. The van der Waals surface area contributed by atoms with Crippen molar-refractivity contribution in [3.63, 3.8) is 0 Å². The van der Waals surface area contributed by atoms with Gasteiger partial charge in [-0.2, -0.15) is 0 Å². The fraction of sp³-hybridized carbons (Fsp3) is 0.211. The van der Waals surface area contributed by atoms with E-state index >= 15 is 0 Å². The van der Waals surface area contributed by atoms with Crippen LogP contribution in [-0.2, 0) is 16.0 Å². The lowest BCUT2D eigenvalue weighted by Gasteiger charge is -2.10. The number of halogens is 2. The quantitative estimate of drug-likeness (QED) is 0.503. The van der Waals surface area contributed by atoms with Crippen LogP contribution in [0.4, 0.5) is 0 Å². The molecule has 0 N–H and O–H groups in total. The number of rotatable bonds is 6. The number of aryl methyl sites for hydroxylation is 1. The summed E-state index contributed by atoms with van der Waals surface area (Å²) in [4.78, 5) is 11.8. The van der Waals surface area contributed by atoms with Gasteiger partial charge in [-0.1, -0.05) is 59.6 Å². The normalized spacial score (nSPS) is 11.3. The summed E-state index contributed by atoms with van der Waals surface area (Å²) < 4.78 is 5.03. The SMILES string of the molecule is CCOC(=O)/C=C(/CCc1ccc(Cl)cc1Cl)c1ccccc1. The first-order valence-electron chi connectivity index (χ1n) is 7.47. The molecule has 23 heavy (non-hydrogen) atoms. The lowest BCUT2D eigenvalue weighted by molar-refractivity contribution is -0.137. The van der Waals surface area contributed by atoms with Gasteiger partial charge in [0.2, 0.25) is 0 Å². The van der Waals surface area contributed by atoms with Crippen molar-refractivity contribution < 1.29 is 9.53 Å². The molecule has 0 bridgehead atoms. The van der Waals surface area contributed by atoms with Crippen LogP contribution in [0.2, 0.25) is 10.0 Å². The summed E-state index contributed by atoms with van der Waals surface area (Å²) in [5, 5.41) is 1.25. The van der Waals surface area contributed by atoms with E-state index in [1.807, 2.05) is 42.5 Å². The Morgan fingerprint density at radius 3 is 2.52 bits per heavy atom. The Labute approximate surface area is 146 Å². The average Bonchev–Trinajstić information content (AvgIpc) is 2.54. The second kappa shape index (κ2) is 8.76. The third-order valence-electron chi connectivity index (χ3n) is 3.40. The highest BCUT2D eigenvalue weighted by molar-refractivity contribution is 6.35. The second-order valence-electron chi connectivity index (χ2n) is 5.02. The third-order valence-corrected chi connectivity index (χ3v) is 3.99. The Balaban J connectivity index is 2.19. The first kappa shape index (κ1) is 17.6. The third kappa shape index (κ3) is 5.42. The van der Waals surface area contributed by atoms with Gasteiger partial charge >= 0.3 is 5.97 Å². The Morgan fingerprint density at radius 1 is 1.13 bits per heavy atom. The first-order valence-corrected chi connectivity index (χ1v) is 8.22. The van der Waals surface area contributed by atoms with Crippen molar-refractivity contribution in [3.05, 3.63) is 75.8 Å². The molecule has 0 unspecified atom stereocenters. The van der Waals surface area contributed by atoms with Crippen LogP contribution in [0, 0.1) is 0 Å². The van der Waals surface area contributed by atoms with Gasteiger partial charge in [0.25, 0.3) is 0 Å². The molecule has 0 heterocycles. The zero-order valence-corrected chi connectivity index (χ0v) is 14.4. The van der Waals surface area contributed by atoms with Crippen LogP contribution in [0.25, 0.3) is 5.57 Å². The smallest absolute Gasteiger partial charge is 0.331 e. The minimum Gasteiger partial charge on any atom is -0.463 e. The Morgan fingerprint density at radius 2 is 1.87 bits per heavy atom. The number of carbonyl (C=O) groups excluding carboxylic acids is 1. The minimum atomic E-state index is -0.325. The molecular weight excluding hydrogens is 331 g/mol. The Kier molecular flexibility index (Phi) is 6.69. The number of esters is 1. The van der Waals surface area contributed by atoms with Crippen LogP contribution in [0.15, 0.2) is 54.6 Å². The highest BCUT2D eigenvalue weighted by Gasteiger charge is 2.08. The molecule has 0 fully saturated rings. The predicted molar refractivity (Wildman–Crippen MR) is 95.8 cm³/mol. The number of benzene rings is 2. The summed E-state index contributed by atoms with van der Waals surface area (Å²) in [6.45, 7) is 2.15. The van der Waals surface area contributed by atoms with E-state index in [-0.39, 0.29) is 5.97 Å². The van der Waals surface area contributed by atoms with Crippen molar-refractivity contribution in [1.82, 2.24) is 0 Å². The predicted octanol–water partition coefficient (Wildman–Crippen LogP) is 5.57. The summed E-state index contributed by atoms with van der Waals surface area (Å²) in [6.07, 6.45) is 2.96. The van der Waals surface area contributed by atoms with E-state index in [4.69, 9.17) is 27.9 Å². The van der Waals surface area contributed by atoms with E-state index in [0.29, 0.717) is 23.1 Å². The lowest BCUT2D eigenvalue weighted by atomic mass is 9.98. The van der Waals surface area contributed by atoms with Crippen LogP contribution in [-0.4, -0.2) is 12.6 Å². The van der Waals surface area contributed by atoms with Crippen LogP contribution >= 0.6 is 23.2 Å². The molecule has 0 saturated heterocycles. The molecule has 0 aliphatic carbocycles. The Bertz CT molecular complexity index is 694. The summed E-state index contributed by atoms with van der Waals surface area (Å²) in [6, 6.07) is 15.3. The maximum atomic E-state index is 11.8. The molecule has 120 valence electrons. The van der Waals surface area contributed by atoms with E-state index in [2.05, 4.69) is 0 Å². The van der Waals surface area contributed by atoms with Gasteiger partial charge in [-0.25, -0.2) is 4.79 Å². The van der Waals surface area contributed by atoms with E-state index in [1.165, 1.54) is 0 Å². The van der Waals surface area contributed by atoms with Gasteiger partial charge in [0.05, 0.1) is 6.61 Å². The van der Waals surface area contributed by atoms with Crippen molar-refractivity contribution in [3.8, 4) is 0 Å². The zero-order chi connectivity index (χ0) is 16.7. The maximum Gasteiger partial charge on any atom is 0.331 e. The number of ether oxygens (including phenoxy) is 1. The summed E-state index contributed by atoms with van der Waals surface area (Å²) in [5.41, 5.74) is 2.93. The number of hydrogen-bond acceptors (Lipinski definition) is 2. The van der Waals surface area contributed by atoms with Gasteiger partial charge in [-0.05, 0) is 48.6 Å². The molecular formula is C19H18Cl2O2. The zero-order valence-electron chi connectivity index (χ0n) is 12.9. The van der Waals surface area contributed by atoms with Crippen LogP contribution in [0.5, 0.6) is 0 Å². The molecule has 4 heteroatoms. The van der Waals surface area contributed by atoms with E-state index in [9.17, 15) is 4.79 Å². The van der Waals surface area contributed by atoms with Crippen molar-refractivity contribution in [2.24, 2.45) is 0 Å². The summed E-state index contributed by atoms with van der Waals surface area (Å²) in [7, 11) is 0. The van der Waals surface area contributed by atoms with Crippen LogP contribution < -0.4 is 0 Å². The molecule has 2 aromatic rings. The van der Waals surface area contributed by atoms with Crippen LogP contribution in [0.1, 0.15) is 24.5 Å². The highest BCUT2D eigenvalue weighted by atomic mass is 35.5. The van der Waals surface area contributed by atoms with Gasteiger partial charge in [0, 0.05) is 16.1 Å². The molecule has 0 radical (unpaired) electrons. The molecule has 2 rings (SSSR count). The molecule has 2 nitrogen and oxygen atoms in total. The first-order chi connectivity index (χ1) is 11.1. The van der Waals surface area contributed by atoms with Gasteiger partial charge in [0.15, 0.2) is 0 Å². The topological polar surface area (TPSA) is 26.3 Å². The lowest BCUT2D eigenvalue weighted by Crippen LogP contribution is -2.02. The maximum absolute atomic E-state index is 11.8. The number of carbonyl (C=O) groups is 1. The minimum absolute atomic E-state index is 0.325. The average molecular weight is 349 g/mol. The second-order valence-corrected chi connectivity index (χ2v) is 5.87. The van der Waals surface area contributed by atoms with Gasteiger partial charge in [-0.15, -0.1) is 0 Å².